The third-order valence-corrected chi connectivity index (χ3v) is 25.3. The van der Waals surface area contributed by atoms with E-state index in [2.05, 4.69) is 63.0 Å². The number of carbonyl (C=O) groups excluding carboxylic acids is 12. The van der Waals surface area contributed by atoms with Crippen molar-refractivity contribution in [3.05, 3.63) is 0 Å². The Kier molecular flexibility index (Phi) is 58.5. The number of ether oxygens (including phenoxy) is 9. The molecule has 5 aliphatic rings. The maximum atomic E-state index is 14.1. The normalized spacial score (nSPS) is 27.2. The summed E-state index contributed by atoms with van der Waals surface area (Å²) in [6.07, 6.45) is -7.28. The van der Waals surface area contributed by atoms with E-state index in [0.29, 0.717) is 122 Å². The van der Waals surface area contributed by atoms with Crippen molar-refractivity contribution in [1.29, 1.82) is 0 Å². The zero-order valence-electron chi connectivity index (χ0n) is 79.0. The summed E-state index contributed by atoms with van der Waals surface area (Å²) in [6.45, 7) is 4.55. The van der Waals surface area contributed by atoms with Gasteiger partial charge in [0.15, 0.2) is 18.8 Å². The van der Waals surface area contributed by atoms with Crippen molar-refractivity contribution >= 4 is 78.5 Å². The highest BCUT2D eigenvalue weighted by Gasteiger charge is 2.51. The number of carbonyl (C=O) groups is 12. The number of hydrogen-bond acceptors (Lipinski definition) is 34. The zero-order valence-corrected chi connectivity index (χ0v) is 79.9. The first kappa shape index (κ1) is 119. The number of amides is 12. The molecule has 1 aliphatic carbocycles. The van der Waals surface area contributed by atoms with Crippen LogP contribution in [0.5, 0.6) is 0 Å². The van der Waals surface area contributed by atoms with Crippen molar-refractivity contribution in [1.82, 2.24) is 63.4 Å². The number of rotatable bonds is 69. The van der Waals surface area contributed by atoms with Crippen LogP contribution in [0.15, 0.2) is 0 Å². The SMILES string of the molecule is COP(=O)([O-])CC[C@@H]1C[C@@H](O)CN1C(=O)CCCCCCCCCCC(=O)N[C@@H]1O[C@H](COCCC(=O)NCCCCNC(=O)CCCCO[C@@H]2O[C@H](CO)[C@H](O)[C@H](O)[C@H]2NC(C)=O)[C@@H](OCCC(=O)NCCCCNC(=O)CCCCO[C@@H]2C[C@H](CO)[C@H](O)[C@H](O)[C@H]2NC(C)=O)[C@H](OCCC(=O)NCCCCNC(=O)CCCCO[C@@H]2O[C@H](CO)[C@H](O)[C@H](O)C2NC(C)=O)[C@H]1NC(C)=O. The number of nitrogens with one attached hydrogen (secondary N) is 11. The van der Waals surface area contributed by atoms with E-state index in [0.717, 1.165) is 39.2 Å². The number of nitrogens with zero attached hydrogens (tertiary/aromatic N) is 1. The van der Waals surface area contributed by atoms with Gasteiger partial charge in [-0.2, -0.15) is 0 Å². The van der Waals surface area contributed by atoms with Gasteiger partial charge >= 0.3 is 0 Å². The fourth-order valence-corrected chi connectivity index (χ4v) is 17.3. The predicted molar refractivity (Wildman–Crippen MR) is 479 cm³/mol. The van der Waals surface area contributed by atoms with Crippen molar-refractivity contribution in [3.8, 4) is 0 Å². The molecule has 23 atom stereocenters. The first-order valence-electron chi connectivity index (χ1n) is 47.9. The number of likely N-dealkylation sites (tertiary alicyclic amines) is 1. The van der Waals surface area contributed by atoms with Crippen molar-refractivity contribution in [2.45, 2.75) is 355 Å². The molecule has 1 saturated carbocycles. The van der Waals surface area contributed by atoms with E-state index < -0.39 is 196 Å². The van der Waals surface area contributed by atoms with Gasteiger partial charge in [-0.15, -0.1) is 0 Å². The summed E-state index contributed by atoms with van der Waals surface area (Å²) < 4.78 is 71.0. The lowest BCUT2D eigenvalue weighted by molar-refractivity contribution is -0.270. The molecule has 135 heavy (non-hydrogen) atoms. The maximum Gasteiger partial charge on any atom is 0.222 e. The van der Waals surface area contributed by atoms with Crippen LogP contribution in [0.3, 0.4) is 0 Å². The molecule has 0 bridgehead atoms. The van der Waals surface area contributed by atoms with Gasteiger partial charge in [-0.25, -0.2) is 0 Å². The number of unbranched alkanes of at least 4 members (excludes halogenated alkanes) is 13. The molecule has 0 spiro atoms. The highest BCUT2D eigenvalue weighted by atomic mass is 31.2. The molecule has 21 N–H and O–H groups in total. The molecule has 0 aromatic carbocycles. The minimum absolute atomic E-state index is 0.0468. The van der Waals surface area contributed by atoms with Crippen LogP contribution in [-0.2, 0) is 109 Å². The lowest BCUT2D eigenvalue weighted by Crippen LogP contribution is -2.69. The fourth-order valence-electron chi connectivity index (χ4n) is 16.5. The monoisotopic (exact) mass is 1960 g/mol. The Morgan fingerprint density at radius 2 is 0.756 bits per heavy atom. The van der Waals surface area contributed by atoms with E-state index in [1.807, 2.05) is 0 Å². The van der Waals surface area contributed by atoms with Crippen LogP contribution in [0.1, 0.15) is 227 Å². The Hall–Kier alpha value is -6.97. The summed E-state index contributed by atoms with van der Waals surface area (Å²) in [6, 6.07) is -4.67. The molecular weight excluding hydrogens is 1800 g/mol. The molecule has 4 aliphatic heterocycles. The summed E-state index contributed by atoms with van der Waals surface area (Å²) >= 11 is 0. The molecule has 0 radical (unpaired) electrons. The average Bonchev–Trinajstić information content (AvgIpc) is 1.46. The number of hydrogen-bond donors (Lipinski definition) is 21. The van der Waals surface area contributed by atoms with Crippen LogP contribution in [0, 0.1) is 5.92 Å². The molecular formula is C88H156N12O34P-. The van der Waals surface area contributed by atoms with E-state index in [4.69, 9.17) is 42.6 Å². The summed E-state index contributed by atoms with van der Waals surface area (Å²) in [7, 11) is -2.94. The van der Waals surface area contributed by atoms with E-state index in [1.165, 1.54) is 27.7 Å². The second kappa shape index (κ2) is 66.6. The van der Waals surface area contributed by atoms with Crippen LogP contribution in [-0.4, -0.2) is 380 Å². The van der Waals surface area contributed by atoms with Crippen LogP contribution < -0.4 is 63.4 Å². The highest BCUT2D eigenvalue weighted by molar-refractivity contribution is 7.51. The molecule has 12 amide bonds. The quantitative estimate of drug-likeness (QED) is 0.0203. The van der Waals surface area contributed by atoms with Crippen LogP contribution >= 0.6 is 7.60 Å². The summed E-state index contributed by atoms with van der Waals surface area (Å²) in [5.41, 5.74) is 0. The standard InChI is InChI=1S/C88H157N12O34P/c1-55(104)95-74-62(48-59(51-101)78(117)81(74)120)127-41-23-14-26-66(109)89-36-18-21-39-93-70(113)32-45-128-84-65(54-126-44-31-69(112)92-38-20-17-35-90-67(110)27-15-24-42-130-87-75(96-56(2)105)82(121)79(118)63(52-102)133-87)132-86(99-72(115)29-12-10-8-6-7-9-11-13-30-73(116)100-50-61(108)49-60(100)34-47-135(123,124)125-5)77(98-58(4)107)85(84)129-46-33-71(114)94-40-22-19-37-91-68(111)28-16-25-43-131-88-76(97-57(3)106)83(122)80(119)64(53-103)134-88/h59-65,74-88,101-103,108,117-122H,6-54H2,1-5H3,(H,89,109)(H,90,110)(H,91,111)(H,92,112)(H,93,113)(H,94,114)(H,95,104)(H,96,105)(H,97,106)(H,98,107)(H,99,115)(H,123,124)/p-1/t59-,60-,61-,62-,63-,64-,65-,74+,75-,76?,77-,78+,79+,80+,81-,82-,83-,84-,85-,86-,87-,88-/m1/s1. The van der Waals surface area contributed by atoms with E-state index in [9.17, 15) is 118 Å². The maximum absolute atomic E-state index is 14.1. The van der Waals surface area contributed by atoms with Gasteiger partial charge in [-0.1, -0.05) is 38.5 Å². The van der Waals surface area contributed by atoms with E-state index in [-0.39, 0.29) is 179 Å². The van der Waals surface area contributed by atoms with Gasteiger partial charge in [0.2, 0.25) is 70.9 Å². The minimum atomic E-state index is -4.03. The Balaban J connectivity index is 1.17. The van der Waals surface area contributed by atoms with Crippen molar-refractivity contribution < 1.29 is 165 Å². The molecule has 46 nitrogen and oxygen atoms in total. The molecule has 0 aromatic heterocycles. The van der Waals surface area contributed by atoms with Gasteiger partial charge < -0.3 is 171 Å². The third-order valence-electron chi connectivity index (χ3n) is 23.9. The molecule has 47 heteroatoms. The van der Waals surface area contributed by atoms with Crippen LogP contribution in [0.25, 0.3) is 0 Å². The van der Waals surface area contributed by atoms with Crippen molar-refractivity contribution in [2.24, 2.45) is 5.92 Å². The average molecular weight is 1960 g/mol. The first-order chi connectivity index (χ1) is 64.6. The molecule has 4 saturated heterocycles. The number of β-amino-alcohol motifs (C(OH)–C–C–N with tert-alkyl or cyclic N) is 1. The lowest BCUT2D eigenvalue weighted by Gasteiger charge is -2.46. The second-order valence-electron chi connectivity index (χ2n) is 35.1. The number of aliphatic hydroxyl groups excluding tert-OH is 10. The summed E-state index contributed by atoms with van der Waals surface area (Å²) in [5.74, 6) is -5.07. The Bertz CT molecular complexity index is 3560. The smallest absolute Gasteiger partial charge is 0.222 e. The Morgan fingerprint density at radius 1 is 0.378 bits per heavy atom. The largest absolute Gasteiger partial charge is 0.779 e. The first-order valence-corrected chi connectivity index (χ1v) is 49.7. The van der Waals surface area contributed by atoms with E-state index >= 15 is 0 Å². The van der Waals surface area contributed by atoms with Gasteiger partial charge in [0.05, 0.1) is 64.0 Å². The zero-order chi connectivity index (χ0) is 99.2. The van der Waals surface area contributed by atoms with Gasteiger partial charge in [0.1, 0.15) is 86.8 Å². The molecule has 4 heterocycles. The molecule has 5 rings (SSSR count). The number of aliphatic hydroxyl groups is 10. The predicted octanol–water partition coefficient (Wildman–Crippen LogP) is -4.16. The lowest BCUT2D eigenvalue weighted by atomic mass is 9.79. The highest BCUT2D eigenvalue weighted by Crippen LogP contribution is 2.39. The second-order valence-corrected chi connectivity index (χ2v) is 37.1. The van der Waals surface area contributed by atoms with E-state index in [1.54, 1.807) is 4.90 Å². The molecule has 778 valence electrons. The van der Waals surface area contributed by atoms with Crippen LogP contribution in [0.2, 0.25) is 0 Å². The molecule has 2 unspecified atom stereocenters. The van der Waals surface area contributed by atoms with Gasteiger partial charge in [-0.3, -0.25) is 57.5 Å². The van der Waals surface area contributed by atoms with Crippen LogP contribution in [0.4, 0.5) is 0 Å². The Labute approximate surface area is 790 Å². The molecule has 0 aromatic rings. The Morgan fingerprint density at radius 3 is 1.19 bits per heavy atom. The van der Waals surface area contributed by atoms with Crippen molar-refractivity contribution in [2.75, 3.05) is 125 Å². The fraction of sp³-hybridized carbons (Fsp3) is 0.864. The molecule has 5 fully saturated rings. The summed E-state index contributed by atoms with van der Waals surface area (Å²) in [5, 5.41) is 133. The third kappa shape index (κ3) is 46.3. The van der Waals surface area contributed by atoms with Gasteiger partial charge in [0, 0.05) is 177 Å². The van der Waals surface area contributed by atoms with Gasteiger partial charge in [-0.05, 0) is 109 Å². The topological polar surface area (TPSA) is 675 Å². The van der Waals surface area contributed by atoms with Crippen molar-refractivity contribution in [3.63, 3.8) is 0 Å². The summed E-state index contributed by atoms with van der Waals surface area (Å²) in [4.78, 5) is 168. The van der Waals surface area contributed by atoms with Gasteiger partial charge in [0.25, 0.3) is 0 Å². The minimum Gasteiger partial charge on any atom is -0.779 e.